The summed E-state index contributed by atoms with van der Waals surface area (Å²) < 4.78 is 0. The fourth-order valence-corrected chi connectivity index (χ4v) is 3.93. The minimum atomic E-state index is 0.740. The molecule has 0 bridgehead atoms. The van der Waals surface area contributed by atoms with Crippen molar-refractivity contribution >= 4 is 17.3 Å². The van der Waals surface area contributed by atoms with E-state index in [0.717, 1.165) is 37.1 Å². The van der Waals surface area contributed by atoms with Crippen molar-refractivity contribution < 1.29 is 0 Å². The Morgan fingerprint density at radius 3 is 2.87 bits per heavy atom. The molecule has 0 aromatic carbocycles. The first-order chi connectivity index (χ1) is 11.1. The lowest BCUT2D eigenvalue weighted by atomic mass is 10.1. The van der Waals surface area contributed by atoms with Crippen LogP contribution in [0.15, 0.2) is 4.99 Å². The van der Waals surface area contributed by atoms with Gasteiger partial charge in [-0.15, -0.1) is 11.3 Å². The molecule has 1 fully saturated rings. The van der Waals surface area contributed by atoms with Crippen LogP contribution < -0.4 is 10.6 Å². The highest BCUT2D eigenvalue weighted by Gasteiger charge is 2.21. The highest BCUT2D eigenvalue weighted by molar-refractivity contribution is 7.11. The average molecular weight is 338 g/mol. The predicted molar refractivity (Wildman–Crippen MR) is 99.5 cm³/mol. The number of hydrogen-bond donors (Lipinski definition) is 2. The van der Waals surface area contributed by atoms with Crippen LogP contribution in [0.5, 0.6) is 0 Å². The van der Waals surface area contributed by atoms with Gasteiger partial charge in [-0.3, -0.25) is 4.99 Å². The maximum Gasteiger partial charge on any atom is 0.191 e. The van der Waals surface area contributed by atoms with E-state index < -0.39 is 0 Å². The molecule has 2 rings (SSSR count). The van der Waals surface area contributed by atoms with Gasteiger partial charge < -0.3 is 15.5 Å². The maximum atomic E-state index is 4.58. The van der Waals surface area contributed by atoms with Gasteiger partial charge in [-0.25, -0.2) is 4.98 Å². The molecular weight excluding hydrogens is 306 g/mol. The van der Waals surface area contributed by atoms with Gasteiger partial charge in [-0.05, 0) is 45.7 Å². The number of guanidine groups is 1. The maximum absolute atomic E-state index is 4.58. The van der Waals surface area contributed by atoms with Crippen LogP contribution >= 0.6 is 11.3 Å². The molecule has 0 amide bonds. The Bertz CT molecular complexity index is 492. The molecule has 1 atom stereocenters. The summed E-state index contributed by atoms with van der Waals surface area (Å²) >= 11 is 1.80. The smallest absolute Gasteiger partial charge is 0.191 e. The molecule has 6 heteroatoms. The minimum Gasteiger partial charge on any atom is -0.356 e. The van der Waals surface area contributed by atoms with E-state index >= 15 is 0 Å². The first kappa shape index (κ1) is 18.2. The van der Waals surface area contributed by atoms with Gasteiger partial charge in [0.2, 0.25) is 0 Å². The monoisotopic (exact) mass is 337 g/mol. The molecule has 5 nitrogen and oxygen atoms in total. The third kappa shape index (κ3) is 5.77. The Labute approximate surface area is 144 Å². The van der Waals surface area contributed by atoms with Crippen LogP contribution in [0.3, 0.4) is 0 Å². The van der Waals surface area contributed by atoms with Crippen molar-refractivity contribution in [2.24, 2.45) is 10.9 Å². The second-order valence-electron chi connectivity index (χ2n) is 6.33. The predicted octanol–water partition coefficient (Wildman–Crippen LogP) is 2.20. The Balaban J connectivity index is 1.66. The van der Waals surface area contributed by atoms with Gasteiger partial charge in [-0.2, -0.15) is 0 Å². The van der Waals surface area contributed by atoms with Gasteiger partial charge in [0, 0.05) is 38.0 Å². The quantitative estimate of drug-likeness (QED) is 0.592. The highest BCUT2D eigenvalue weighted by atomic mass is 32.1. The standard InChI is InChI=1S/C17H31N5S/c1-5-9-22-10-7-15(12-22)11-20-17(18-4)19-8-6-16-21-13(2)14(3)23-16/h15H,5-12H2,1-4H3,(H2,18,19,20). The topological polar surface area (TPSA) is 52.5 Å². The second-order valence-corrected chi connectivity index (χ2v) is 7.62. The summed E-state index contributed by atoms with van der Waals surface area (Å²) in [5.41, 5.74) is 1.16. The summed E-state index contributed by atoms with van der Waals surface area (Å²) in [6.07, 6.45) is 3.49. The molecule has 130 valence electrons. The fourth-order valence-electron chi connectivity index (χ4n) is 2.99. The van der Waals surface area contributed by atoms with Crippen molar-refractivity contribution in [3.05, 3.63) is 15.6 Å². The number of aromatic nitrogens is 1. The molecule has 0 radical (unpaired) electrons. The molecule has 0 saturated carbocycles. The summed E-state index contributed by atoms with van der Waals surface area (Å²) in [6, 6.07) is 0. The molecule has 1 aliphatic rings. The van der Waals surface area contributed by atoms with E-state index in [1.807, 2.05) is 7.05 Å². The van der Waals surface area contributed by atoms with Crippen molar-refractivity contribution in [1.29, 1.82) is 0 Å². The molecule has 1 aliphatic heterocycles. The van der Waals surface area contributed by atoms with Gasteiger partial charge in [-0.1, -0.05) is 6.92 Å². The van der Waals surface area contributed by atoms with E-state index in [1.54, 1.807) is 11.3 Å². The van der Waals surface area contributed by atoms with Crippen molar-refractivity contribution in [2.75, 3.05) is 39.8 Å². The van der Waals surface area contributed by atoms with Crippen molar-refractivity contribution in [3.63, 3.8) is 0 Å². The molecule has 1 unspecified atom stereocenters. The van der Waals surface area contributed by atoms with Crippen LogP contribution in [0.25, 0.3) is 0 Å². The van der Waals surface area contributed by atoms with Crippen LogP contribution in [0.1, 0.15) is 35.3 Å². The highest BCUT2D eigenvalue weighted by Crippen LogP contribution is 2.16. The minimum absolute atomic E-state index is 0.740. The summed E-state index contributed by atoms with van der Waals surface area (Å²) in [6.45, 7) is 12.0. The SMILES string of the molecule is CCCN1CCC(CNC(=NC)NCCc2nc(C)c(C)s2)C1. The van der Waals surface area contributed by atoms with Crippen LogP contribution in [0.2, 0.25) is 0 Å². The summed E-state index contributed by atoms with van der Waals surface area (Å²) in [4.78, 5) is 12.8. The molecule has 1 aromatic rings. The zero-order chi connectivity index (χ0) is 16.7. The first-order valence-electron chi connectivity index (χ1n) is 8.72. The number of rotatable bonds is 7. The lowest BCUT2D eigenvalue weighted by molar-refractivity contribution is 0.324. The van der Waals surface area contributed by atoms with E-state index in [4.69, 9.17) is 0 Å². The molecule has 23 heavy (non-hydrogen) atoms. The Morgan fingerprint density at radius 1 is 1.39 bits per heavy atom. The van der Waals surface area contributed by atoms with Gasteiger partial charge in [0.15, 0.2) is 5.96 Å². The fraction of sp³-hybridized carbons (Fsp3) is 0.765. The third-order valence-corrected chi connectivity index (χ3v) is 5.53. The Morgan fingerprint density at radius 2 is 2.22 bits per heavy atom. The van der Waals surface area contributed by atoms with E-state index in [-0.39, 0.29) is 0 Å². The van der Waals surface area contributed by atoms with E-state index in [0.29, 0.717) is 0 Å². The van der Waals surface area contributed by atoms with Crippen LogP contribution in [0.4, 0.5) is 0 Å². The van der Waals surface area contributed by atoms with Crippen molar-refractivity contribution in [2.45, 2.75) is 40.0 Å². The summed E-state index contributed by atoms with van der Waals surface area (Å²) in [5, 5.41) is 8.07. The number of nitrogens with zero attached hydrogens (tertiary/aromatic N) is 3. The van der Waals surface area contributed by atoms with Crippen LogP contribution in [0, 0.1) is 19.8 Å². The van der Waals surface area contributed by atoms with Crippen LogP contribution in [-0.2, 0) is 6.42 Å². The summed E-state index contributed by atoms with van der Waals surface area (Å²) in [7, 11) is 1.84. The second kappa shape index (κ2) is 9.23. The zero-order valence-corrected chi connectivity index (χ0v) is 15.8. The number of nitrogens with one attached hydrogen (secondary N) is 2. The largest absolute Gasteiger partial charge is 0.356 e. The van der Waals surface area contributed by atoms with E-state index in [1.165, 1.54) is 42.4 Å². The zero-order valence-electron chi connectivity index (χ0n) is 15.0. The normalized spacial score (nSPS) is 19.3. The van der Waals surface area contributed by atoms with Gasteiger partial charge in [0.1, 0.15) is 0 Å². The number of aliphatic imine (C=N–C) groups is 1. The lowest BCUT2D eigenvalue weighted by Crippen LogP contribution is -2.41. The molecule has 2 heterocycles. The molecule has 0 spiro atoms. The molecule has 2 N–H and O–H groups in total. The Hall–Kier alpha value is -1.14. The molecular formula is C17H31N5S. The van der Waals surface area contributed by atoms with Gasteiger partial charge >= 0.3 is 0 Å². The van der Waals surface area contributed by atoms with Crippen molar-refractivity contribution in [1.82, 2.24) is 20.5 Å². The van der Waals surface area contributed by atoms with E-state index in [9.17, 15) is 0 Å². The van der Waals surface area contributed by atoms with Gasteiger partial charge in [0.05, 0.1) is 10.7 Å². The van der Waals surface area contributed by atoms with Crippen molar-refractivity contribution in [3.8, 4) is 0 Å². The number of hydrogen-bond acceptors (Lipinski definition) is 4. The number of likely N-dealkylation sites (tertiary alicyclic amines) is 1. The van der Waals surface area contributed by atoms with E-state index in [2.05, 4.69) is 46.3 Å². The number of aryl methyl sites for hydroxylation is 2. The Kier molecular flexibility index (Phi) is 7.30. The molecule has 1 saturated heterocycles. The number of thiazole rings is 1. The van der Waals surface area contributed by atoms with Crippen LogP contribution in [-0.4, -0.2) is 55.6 Å². The average Bonchev–Trinajstić information content (AvgIpc) is 3.10. The summed E-state index contributed by atoms with van der Waals surface area (Å²) in [5.74, 6) is 1.65. The van der Waals surface area contributed by atoms with Gasteiger partial charge in [0.25, 0.3) is 0 Å². The molecule has 0 aliphatic carbocycles. The molecule has 1 aromatic heterocycles. The first-order valence-corrected chi connectivity index (χ1v) is 9.53. The third-order valence-electron chi connectivity index (χ3n) is 4.40. The lowest BCUT2D eigenvalue weighted by Gasteiger charge is -2.16.